The maximum atomic E-state index is 12.9. The van der Waals surface area contributed by atoms with Crippen LogP contribution < -0.4 is 5.73 Å². The van der Waals surface area contributed by atoms with Gasteiger partial charge in [0, 0.05) is 26.2 Å². The second kappa shape index (κ2) is 10.5. The third-order valence-electron chi connectivity index (χ3n) is 5.03. The SMILES string of the molecule is COP(=O)(CS(=O)(=O)c1ccc(CC(=O)c2nc(-c3ccc(CO)cc3)cnc2N)cc1)OC. The van der Waals surface area contributed by atoms with Crippen LogP contribution in [0.25, 0.3) is 11.3 Å². The number of nitrogen functional groups attached to an aromatic ring is 1. The zero-order valence-electron chi connectivity index (χ0n) is 18.5. The molecule has 0 aliphatic carbocycles. The van der Waals surface area contributed by atoms with Gasteiger partial charge in [0.05, 0.1) is 23.4 Å². The number of hydrogen-bond acceptors (Lipinski definition) is 10. The van der Waals surface area contributed by atoms with Crippen molar-refractivity contribution in [2.24, 2.45) is 0 Å². The van der Waals surface area contributed by atoms with Gasteiger partial charge < -0.3 is 19.9 Å². The van der Waals surface area contributed by atoms with E-state index in [-0.39, 0.29) is 29.4 Å². The fourth-order valence-electron chi connectivity index (χ4n) is 3.07. The van der Waals surface area contributed by atoms with E-state index in [1.165, 1.54) is 30.5 Å². The van der Waals surface area contributed by atoms with E-state index >= 15 is 0 Å². The molecule has 0 aliphatic rings. The minimum absolute atomic E-state index is 0.00144. The number of Topliss-reactive ketones (excluding diaryl/α,β-unsaturated/α-hetero) is 1. The molecule has 0 saturated carbocycles. The average Bonchev–Trinajstić information content (AvgIpc) is 2.84. The molecular weight excluding hydrogens is 481 g/mol. The predicted octanol–water partition coefficient (Wildman–Crippen LogP) is 2.86. The molecule has 0 saturated heterocycles. The largest absolute Gasteiger partial charge is 0.392 e. The summed E-state index contributed by atoms with van der Waals surface area (Å²) in [6, 6.07) is 12.6. The zero-order chi connectivity index (χ0) is 24.9. The van der Waals surface area contributed by atoms with E-state index in [1.807, 2.05) is 0 Å². The van der Waals surface area contributed by atoms with Gasteiger partial charge in [-0.1, -0.05) is 36.4 Å². The maximum Gasteiger partial charge on any atom is 0.345 e. The standard InChI is InChI=1S/C22H24N3O7PS/c1-31-33(28,32-2)14-34(29,30)18-9-5-15(6-10-18)11-20(27)21-22(23)24-12-19(25-21)17-7-3-16(13-26)4-8-17/h3-10,12,26H,11,13-14H2,1-2H3,(H2,23,24). The van der Waals surface area contributed by atoms with E-state index in [9.17, 15) is 22.9 Å². The Labute approximate surface area is 197 Å². The molecule has 180 valence electrons. The Morgan fingerprint density at radius 3 is 2.18 bits per heavy atom. The molecule has 3 N–H and O–H groups in total. The highest BCUT2D eigenvalue weighted by molar-refractivity contribution is 7.97. The minimum atomic E-state index is -3.94. The molecule has 3 rings (SSSR count). The van der Waals surface area contributed by atoms with Crippen molar-refractivity contribution in [3.05, 3.63) is 71.5 Å². The van der Waals surface area contributed by atoms with Crippen LogP contribution >= 0.6 is 7.60 Å². The Hall–Kier alpha value is -2.95. The molecular formula is C22H24N3O7PS. The van der Waals surface area contributed by atoms with Crippen molar-refractivity contribution in [3.8, 4) is 11.3 Å². The van der Waals surface area contributed by atoms with Gasteiger partial charge in [0.15, 0.2) is 26.9 Å². The number of aliphatic hydroxyl groups is 1. The fraction of sp³-hybridized carbons (Fsp3) is 0.227. The smallest absolute Gasteiger partial charge is 0.345 e. The van der Waals surface area contributed by atoms with Gasteiger partial charge in [0.25, 0.3) is 0 Å². The van der Waals surface area contributed by atoms with Crippen molar-refractivity contribution in [3.63, 3.8) is 0 Å². The third-order valence-corrected chi connectivity index (χ3v) is 9.76. The van der Waals surface area contributed by atoms with Crippen LogP contribution in [0.5, 0.6) is 0 Å². The van der Waals surface area contributed by atoms with Crippen LogP contribution in [0, 0.1) is 0 Å². The third kappa shape index (κ3) is 5.94. The van der Waals surface area contributed by atoms with Crippen LogP contribution in [0.4, 0.5) is 5.82 Å². The quantitative estimate of drug-likeness (QED) is 0.310. The summed E-state index contributed by atoms with van der Waals surface area (Å²) in [4.78, 5) is 21.2. The van der Waals surface area contributed by atoms with E-state index in [0.717, 1.165) is 19.8 Å². The lowest BCUT2D eigenvalue weighted by Gasteiger charge is -2.14. The number of ketones is 1. The lowest BCUT2D eigenvalue weighted by molar-refractivity contribution is 0.0989. The molecule has 12 heteroatoms. The number of aliphatic hydroxyl groups excluding tert-OH is 1. The molecule has 0 unspecified atom stereocenters. The normalized spacial score (nSPS) is 12.0. The molecule has 0 bridgehead atoms. The van der Waals surface area contributed by atoms with Gasteiger partial charge >= 0.3 is 7.60 Å². The van der Waals surface area contributed by atoms with E-state index < -0.39 is 28.7 Å². The van der Waals surface area contributed by atoms with E-state index in [0.29, 0.717) is 16.8 Å². The lowest BCUT2D eigenvalue weighted by Crippen LogP contribution is -2.12. The van der Waals surface area contributed by atoms with Gasteiger partial charge in [-0.05, 0) is 23.3 Å². The molecule has 0 spiro atoms. The molecule has 3 aromatic rings. The maximum absolute atomic E-state index is 12.9. The zero-order valence-corrected chi connectivity index (χ0v) is 20.3. The highest BCUT2D eigenvalue weighted by Gasteiger charge is 2.31. The Morgan fingerprint density at radius 2 is 1.62 bits per heavy atom. The summed E-state index contributed by atoms with van der Waals surface area (Å²) in [6.07, 6.45) is 1.37. The van der Waals surface area contributed by atoms with Crippen molar-refractivity contribution in [1.82, 2.24) is 9.97 Å². The van der Waals surface area contributed by atoms with E-state index in [2.05, 4.69) is 9.97 Å². The van der Waals surface area contributed by atoms with Crippen LogP contribution in [0.3, 0.4) is 0 Å². The summed E-state index contributed by atoms with van der Waals surface area (Å²) in [5, 5.41) is 9.18. The topological polar surface area (TPSA) is 159 Å². The van der Waals surface area contributed by atoms with Gasteiger partial charge in [-0.25, -0.2) is 18.4 Å². The van der Waals surface area contributed by atoms with E-state index in [1.54, 1.807) is 24.3 Å². The molecule has 1 heterocycles. The average molecular weight is 505 g/mol. The van der Waals surface area contributed by atoms with E-state index in [4.69, 9.17) is 14.8 Å². The Bertz CT molecular complexity index is 1320. The molecule has 2 aromatic carbocycles. The number of aromatic nitrogens is 2. The van der Waals surface area contributed by atoms with Crippen LogP contribution in [0.1, 0.15) is 21.6 Å². The fourth-order valence-corrected chi connectivity index (χ4v) is 6.87. The Kier molecular flexibility index (Phi) is 7.96. The Balaban J connectivity index is 1.79. The molecule has 0 aliphatic heterocycles. The molecule has 34 heavy (non-hydrogen) atoms. The number of rotatable bonds is 10. The summed E-state index contributed by atoms with van der Waals surface area (Å²) in [7, 11) is -5.48. The molecule has 10 nitrogen and oxygen atoms in total. The van der Waals surface area contributed by atoms with Crippen molar-refractivity contribution >= 4 is 29.0 Å². The van der Waals surface area contributed by atoms with Gasteiger partial charge in [-0.2, -0.15) is 0 Å². The summed E-state index contributed by atoms with van der Waals surface area (Å²) in [5.74, 6) is -0.410. The minimum Gasteiger partial charge on any atom is -0.392 e. The molecule has 0 atom stereocenters. The highest BCUT2D eigenvalue weighted by Crippen LogP contribution is 2.48. The highest BCUT2D eigenvalue weighted by atomic mass is 32.2. The summed E-state index contributed by atoms with van der Waals surface area (Å²) < 4.78 is 46.7. The van der Waals surface area contributed by atoms with Crippen LogP contribution in [-0.4, -0.2) is 49.0 Å². The number of benzene rings is 2. The predicted molar refractivity (Wildman–Crippen MR) is 126 cm³/mol. The molecule has 0 amide bonds. The first kappa shape index (κ1) is 25.7. The van der Waals surface area contributed by atoms with Gasteiger partial charge in [-0.15, -0.1) is 0 Å². The lowest BCUT2D eigenvalue weighted by atomic mass is 10.1. The van der Waals surface area contributed by atoms with Gasteiger partial charge in [0.2, 0.25) is 0 Å². The van der Waals surface area contributed by atoms with Crippen molar-refractivity contribution in [2.45, 2.75) is 17.9 Å². The number of hydrogen-bond donors (Lipinski definition) is 2. The number of sulfone groups is 1. The van der Waals surface area contributed by atoms with Crippen molar-refractivity contribution in [2.75, 3.05) is 25.4 Å². The number of nitrogens with zero attached hydrogens (tertiary/aromatic N) is 2. The summed E-state index contributed by atoms with van der Waals surface area (Å²) in [6.45, 7) is -0.0877. The molecule has 0 radical (unpaired) electrons. The number of anilines is 1. The van der Waals surface area contributed by atoms with Crippen LogP contribution in [-0.2, 0) is 36.5 Å². The second-order valence-corrected chi connectivity index (χ2v) is 12.0. The van der Waals surface area contributed by atoms with Crippen LogP contribution in [0.2, 0.25) is 0 Å². The molecule has 1 aromatic heterocycles. The summed E-state index contributed by atoms with van der Waals surface area (Å²) in [5.41, 5.74) is 7.50. The number of carbonyl (C=O) groups excluding carboxylic acids is 1. The first-order valence-corrected chi connectivity index (χ1v) is 13.4. The first-order valence-electron chi connectivity index (χ1n) is 9.99. The van der Waals surface area contributed by atoms with Crippen LogP contribution in [0.15, 0.2) is 59.6 Å². The Morgan fingerprint density at radius 1 is 1.03 bits per heavy atom. The van der Waals surface area contributed by atoms with Crippen molar-refractivity contribution in [1.29, 1.82) is 0 Å². The monoisotopic (exact) mass is 505 g/mol. The first-order chi connectivity index (χ1) is 16.1. The van der Waals surface area contributed by atoms with Crippen molar-refractivity contribution < 1.29 is 31.9 Å². The summed E-state index contributed by atoms with van der Waals surface area (Å²) >= 11 is 0. The number of carbonyl (C=O) groups is 1. The van der Waals surface area contributed by atoms with Gasteiger partial charge in [-0.3, -0.25) is 9.36 Å². The van der Waals surface area contributed by atoms with Gasteiger partial charge in [0.1, 0.15) is 5.69 Å². The number of nitrogens with two attached hydrogens (primary N) is 1. The second-order valence-electron chi connectivity index (χ2n) is 7.31. The molecule has 0 fully saturated rings.